The number of benzene rings is 1. The summed E-state index contributed by atoms with van der Waals surface area (Å²) in [4.78, 5) is 1.96. The number of nitrogens with one attached hydrogen (secondary N) is 1. The van der Waals surface area contributed by atoms with E-state index in [4.69, 9.17) is 5.73 Å². The third-order valence-corrected chi connectivity index (χ3v) is 1.96. The lowest BCUT2D eigenvalue weighted by Crippen LogP contribution is -2.24. The molecule has 0 radical (unpaired) electrons. The van der Waals surface area contributed by atoms with Crippen LogP contribution in [0.25, 0.3) is 0 Å². The normalized spacial score (nSPS) is 11.1. The van der Waals surface area contributed by atoms with Crippen LogP contribution >= 0.6 is 12.2 Å². The summed E-state index contributed by atoms with van der Waals surface area (Å²) >= 11 is 4.59. The van der Waals surface area contributed by atoms with E-state index in [0.29, 0.717) is 12.1 Å². The molecular weight excluding hydrogens is 239 g/mol. The van der Waals surface area contributed by atoms with Crippen LogP contribution in [-0.4, -0.2) is 30.3 Å². The summed E-state index contributed by atoms with van der Waals surface area (Å²) in [5, 5.41) is 3.86. The molecule has 0 heterocycles. The van der Waals surface area contributed by atoms with E-state index in [2.05, 4.69) is 22.7 Å². The Bertz CT molecular complexity index is 431. The Morgan fingerprint density at radius 3 is 2.82 bits per heavy atom. The third-order valence-electron chi connectivity index (χ3n) is 1.87. The lowest BCUT2D eigenvalue weighted by molar-refractivity contribution is 0.401. The molecule has 0 aliphatic rings. The van der Waals surface area contributed by atoms with Gasteiger partial charge in [-0.2, -0.15) is 5.10 Å². The molecule has 6 heteroatoms. The molecule has 0 bridgehead atoms. The van der Waals surface area contributed by atoms with Crippen LogP contribution in [0.4, 0.5) is 4.39 Å². The van der Waals surface area contributed by atoms with E-state index >= 15 is 0 Å². The topological polar surface area (TPSA) is 53.6 Å². The standard InChI is InChI=1S/C11H15FN4S/c1-16(2)7-9-3-8(4-10(12)5-9)6-14-15-11(13)17/h3-6H,7H2,1-2H3,(H3,13,15,17). The van der Waals surface area contributed by atoms with E-state index in [1.165, 1.54) is 18.3 Å². The monoisotopic (exact) mass is 254 g/mol. The van der Waals surface area contributed by atoms with Crippen molar-refractivity contribution in [3.05, 3.63) is 35.1 Å². The zero-order valence-electron chi connectivity index (χ0n) is 9.77. The van der Waals surface area contributed by atoms with Gasteiger partial charge in [-0.05, 0) is 55.6 Å². The van der Waals surface area contributed by atoms with Crippen LogP contribution in [-0.2, 0) is 6.54 Å². The molecule has 1 aromatic rings. The summed E-state index contributed by atoms with van der Waals surface area (Å²) in [6, 6.07) is 4.75. The number of nitrogens with zero attached hydrogens (tertiary/aromatic N) is 2. The molecule has 92 valence electrons. The summed E-state index contributed by atoms with van der Waals surface area (Å²) in [5.41, 5.74) is 9.17. The Balaban J connectivity index is 2.81. The molecule has 0 aliphatic carbocycles. The van der Waals surface area contributed by atoms with Gasteiger partial charge in [-0.15, -0.1) is 0 Å². The van der Waals surface area contributed by atoms with Gasteiger partial charge in [0.25, 0.3) is 0 Å². The highest BCUT2D eigenvalue weighted by molar-refractivity contribution is 7.80. The number of hydrogen-bond donors (Lipinski definition) is 2. The van der Waals surface area contributed by atoms with Gasteiger partial charge in [0, 0.05) is 6.54 Å². The van der Waals surface area contributed by atoms with Gasteiger partial charge in [0.2, 0.25) is 0 Å². The molecule has 3 N–H and O–H groups in total. The summed E-state index contributed by atoms with van der Waals surface area (Å²) in [6.07, 6.45) is 1.47. The lowest BCUT2D eigenvalue weighted by Gasteiger charge is -2.10. The maximum absolute atomic E-state index is 13.3. The van der Waals surface area contributed by atoms with Crippen LogP contribution in [0.15, 0.2) is 23.3 Å². The van der Waals surface area contributed by atoms with Crippen LogP contribution in [0, 0.1) is 5.82 Å². The van der Waals surface area contributed by atoms with Crippen molar-refractivity contribution < 1.29 is 4.39 Å². The summed E-state index contributed by atoms with van der Waals surface area (Å²) in [5.74, 6) is -0.291. The second-order valence-electron chi connectivity index (χ2n) is 3.86. The number of rotatable bonds is 4. The smallest absolute Gasteiger partial charge is 0.184 e. The molecule has 0 spiro atoms. The SMILES string of the molecule is CN(C)Cc1cc(F)cc(C=NNC(N)=S)c1. The maximum atomic E-state index is 13.3. The van der Waals surface area contributed by atoms with Crippen molar-refractivity contribution in [1.29, 1.82) is 0 Å². The number of halogens is 1. The first-order valence-electron chi connectivity index (χ1n) is 5.00. The molecule has 4 nitrogen and oxygen atoms in total. The molecule has 0 amide bonds. The van der Waals surface area contributed by atoms with Gasteiger partial charge in [-0.3, -0.25) is 5.43 Å². The number of hydrogen-bond acceptors (Lipinski definition) is 3. The Morgan fingerprint density at radius 1 is 1.53 bits per heavy atom. The molecule has 0 aromatic heterocycles. The summed E-state index contributed by atoms with van der Waals surface area (Å²) < 4.78 is 13.3. The minimum Gasteiger partial charge on any atom is -0.375 e. The quantitative estimate of drug-likeness (QED) is 0.479. The maximum Gasteiger partial charge on any atom is 0.184 e. The second-order valence-corrected chi connectivity index (χ2v) is 4.30. The fourth-order valence-corrected chi connectivity index (χ4v) is 1.43. The van der Waals surface area contributed by atoms with Crippen molar-refractivity contribution >= 4 is 23.5 Å². The van der Waals surface area contributed by atoms with E-state index in [-0.39, 0.29) is 10.9 Å². The predicted molar refractivity (Wildman–Crippen MR) is 71.3 cm³/mol. The highest BCUT2D eigenvalue weighted by Gasteiger charge is 2.00. The van der Waals surface area contributed by atoms with Crippen molar-refractivity contribution in [1.82, 2.24) is 10.3 Å². The van der Waals surface area contributed by atoms with E-state index in [0.717, 1.165) is 5.56 Å². The van der Waals surface area contributed by atoms with Gasteiger partial charge in [0.1, 0.15) is 5.82 Å². The van der Waals surface area contributed by atoms with Gasteiger partial charge >= 0.3 is 0 Å². The van der Waals surface area contributed by atoms with Crippen molar-refractivity contribution in [2.24, 2.45) is 10.8 Å². The minimum atomic E-state index is -0.291. The lowest BCUT2D eigenvalue weighted by atomic mass is 10.1. The molecule has 0 saturated heterocycles. The van der Waals surface area contributed by atoms with Crippen LogP contribution in [0.3, 0.4) is 0 Å². The van der Waals surface area contributed by atoms with Gasteiger partial charge in [-0.1, -0.05) is 0 Å². The van der Waals surface area contributed by atoms with Crippen molar-refractivity contribution in [3.63, 3.8) is 0 Å². The fraction of sp³-hybridized carbons (Fsp3) is 0.273. The molecule has 1 rings (SSSR count). The zero-order valence-corrected chi connectivity index (χ0v) is 10.6. The Hall–Kier alpha value is -1.53. The van der Waals surface area contributed by atoms with E-state index in [9.17, 15) is 4.39 Å². The first-order valence-corrected chi connectivity index (χ1v) is 5.41. The van der Waals surface area contributed by atoms with E-state index in [1.54, 1.807) is 0 Å². The molecule has 1 aromatic carbocycles. The third kappa shape index (κ3) is 5.37. The molecular formula is C11H15FN4S. The molecule has 0 unspecified atom stereocenters. The van der Waals surface area contributed by atoms with Gasteiger partial charge < -0.3 is 10.6 Å². The first-order chi connectivity index (χ1) is 7.97. The second kappa shape index (κ2) is 6.27. The van der Waals surface area contributed by atoms with E-state index in [1.807, 2.05) is 25.1 Å². The van der Waals surface area contributed by atoms with Crippen molar-refractivity contribution in [2.45, 2.75) is 6.54 Å². The minimum absolute atomic E-state index is 0.0752. The van der Waals surface area contributed by atoms with Crippen LogP contribution < -0.4 is 11.2 Å². The van der Waals surface area contributed by atoms with Gasteiger partial charge in [0.05, 0.1) is 6.21 Å². The molecule has 17 heavy (non-hydrogen) atoms. The fourth-order valence-electron chi connectivity index (χ4n) is 1.38. The van der Waals surface area contributed by atoms with Crippen molar-refractivity contribution in [3.8, 4) is 0 Å². The Morgan fingerprint density at radius 2 is 2.24 bits per heavy atom. The van der Waals surface area contributed by atoms with Crippen LogP contribution in [0.5, 0.6) is 0 Å². The molecule has 0 saturated carbocycles. The first kappa shape index (κ1) is 13.5. The van der Waals surface area contributed by atoms with Gasteiger partial charge in [-0.25, -0.2) is 4.39 Å². The van der Waals surface area contributed by atoms with Crippen LogP contribution in [0.1, 0.15) is 11.1 Å². The number of nitrogens with two attached hydrogens (primary N) is 1. The number of thiocarbonyl (C=S) groups is 1. The molecule has 0 fully saturated rings. The molecule has 0 atom stereocenters. The zero-order chi connectivity index (χ0) is 12.8. The Kier molecular flexibility index (Phi) is 4.99. The highest BCUT2D eigenvalue weighted by Crippen LogP contribution is 2.09. The Labute approximate surface area is 105 Å². The average Bonchev–Trinajstić information content (AvgIpc) is 2.14. The van der Waals surface area contributed by atoms with Crippen LogP contribution in [0.2, 0.25) is 0 Å². The largest absolute Gasteiger partial charge is 0.375 e. The van der Waals surface area contributed by atoms with E-state index < -0.39 is 0 Å². The van der Waals surface area contributed by atoms with Gasteiger partial charge in [0.15, 0.2) is 5.11 Å². The van der Waals surface area contributed by atoms with Crippen molar-refractivity contribution in [2.75, 3.05) is 14.1 Å². The highest BCUT2D eigenvalue weighted by atomic mass is 32.1. The summed E-state index contributed by atoms with van der Waals surface area (Å²) in [7, 11) is 3.85. The number of hydrazone groups is 1. The average molecular weight is 254 g/mol. The summed E-state index contributed by atoms with van der Waals surface area (Å²) in [6.45, 7) is 0.668. The molecule has 0 aliphatic heterocycles. The predicted octanol–water partition coefficient (Wildman–Crippen LogP) is 1.05.